The molecule has 0 saturated carbocycles. The van der Waals surface area contributed by atoms with E-state index in [1.807, 2.05) is 5.70 Å². The second-order valence-corrected chi connectivity index (χ2v) is 11.6. The maximum atomic E-state index is 10.6. The van der Waals surface area contributed by atoms with Crippen molar-refractivity contribution < 1.29 is 17.8 Å². The van der Waals surface area contributed by atoms with Crippen molar-refractivity contribution in [2.45, 2.75) is 25.6 Å². The quantitative estimate of drug-likeness (QED) is 0.252. The lowest BCUT2D eigenvalue weighted by atomic mass is 10.5. The average Bonchev–Trinajstić information content (AvgIpc) is 2.42. The lowest BCUT2D eigenvalue weighted by Crippen LogP contribution is -2.12. The second kappa shape index (κ2) is 14.8. The topological polar surface area (TPSA) is 44.8 Å². The smallest absolute Gasteiger partial charge is 0.330 e. The van der Waals surface area contributed by atoms with Crippen LogP contribution in [0.5, 0.6) is 0 Å². The van der Waals surface area contributed by atoms with Crippen molar-refractivity contribution in [3.63, 3.8) is 0 Å². The molecule has 18 heavy (non-hydrogen) atoms. The molecule has 2 atom stereocenters. The van der Waals surface area contributed by atoms with Gasteiger partial charge in [0.2, 0.25) is 0 Å². The summed E-state index contributed by atoms with van der Waals surface area (Å²) in [7, 11) is -0.0442. The minimum Gasteiger partial charge on any atom is -0.466 e. The molecule has 0 radical (unpaired) electrons. The van der Waals surface area contributed by atoms with Gasteiger partial charge >= 0.3 is 5.97 Å². The minimum atomic E-state index is -0.909. The zero-order valence-electron chi connectivity index (χ0n) is 12.0. The predicted octanol–water partition coefficient (Wildman–Crippen LogP) is -0.882. The Morgan fingerprint density at radius 3 is 2.22 bits per heavy atom. The third-order valence-corrected chi connectivity index (χ3v) is 10.4. The van der Waals surface area contributed by atoms with Crippen molar-refractivity contribution in [3.8, 4) is 0 Å². The zero-order valence-corrected chi connectivity index (χ0v) is 18.3. The average molecular weight is 323 g/mol. The van der Waals surface area contributed by atoms with Gasteiger partial charge in [-0.25, -0.2) is 4.79 Å². The van der Waals surface area contributed by atoms with Crippen LogP contribution >= 0.6 is 0 Å². The van der Waals surface area contributed by atoms with E-state index in [2.05, 4.69) is 26.3 Å². The molecule has 2 unspecified atom stereocenters. The molecule has 0 aliphatic rings. The van der Waals surface area contributed by atoms with Crippen LogP contribution in [0, 0.1) is 0 Å². The summed E-state index contributed by atoms with van der Waals surface area (Å²) in [5, 5.41) is 0. The van der Waals surface area contributed by atoms with Crippen LogP contribution in [0.4, 0.5) is 0 Å². The maximum Gasteiger partial charge on any atom is 0.330 e. The molecule has 0 heterocycles. The lowest BCUT2D eigenvalue weighted by Gasteiger charge is -2.07. The van der Waals surface area contributed by atoms with Crippen LogP contribution in [0.15, 0.2) is 24.9 Å². The van der Waals surface area contributed by atoms with Gasteiger partial charge in [0.05, 0.1) is 6.61 Å². The molecule has 106 valence electrons. The molecule has 0 N–H and O–H groups in total. The number of esters is 1. The maximum absolute atomic E-state index is 10.6. The number of carbonyl (C=O) groups is 1. The highest BCUT2D eigenvalue weighted by Crippen LogP contribution is 1.98. The van der Waals surface area contributed by atoms with Crippen molar-refractivity contribution in [1.82, 2.24) is 0 Å². The van der Waals surface area contributed by atoms with E-state index in [1.54, 1.807) is 0 Å². The Labute approximate surface area is 120 Å². The molecule has 0 aromatic rings. The number of hydrogen-bond acceptors (Lipinski definition) is 4. The Balaban J connectivity index is 0. The third-order valence-electron chi connectivity index (χ3n) is 2.27. The summed E-state index contributed by atoms with van der Waals surface area (Å²) in [6.07, 6.45) is 2.10. The molecule has 0 saturated heterocycles. The first kappa shape index (κ1) is 20.1. The SMILES string of the molecule is C=CC(=O)OCCC[SiH](C)O[SiH3].C=C[SiH](C)O[SiH3]. The highest BCUT2D eigenvalue weighted by Gasteiger charge is 2.01. The highest BCUT2D eigenvalue weighted by atomic mass is 28.3. The largest absolute Gasteiger partial charge is 0.466 e. The van der Waals surface area contributed by atoms with Crippen LogP contribution in [0.3, 0.4) is 0 Å². The molecule has 0 fully saturated rings. The van der Waals surface area contributed by atoms with E-state index in [-0.39, 0.29) is 5.97 Å². The van der Waals surface area contributed by atoms with Crippen molar-refractivity contribution in [2.75, 3.05) is 6.61 Å². The van der Waals surface area contributed by atoms with E-state index >= 15 is 0 Å². The third kappa shape index (κ3) is 15.7. The fourth-order valence-corrected chi connectivity index (χ4v) is 3.27. The van der Waals surface area contributed by atoms with Crippen LogP contribution in [-0.2, 0) is 17.8 Å². The number of ether oxygens (including phenoxy) is 1. The molecular formula is C10H26O4Si4. The van der Waals surface area contributed by atoms with Gasteiger partial charge in [-0.05, 0) is 25.6 Å². The molecular weight excluding hydrogens is 296 g/mol. The van der Waals surface area contributed by atoms with Crippen molar-refractivity contribution >= 4 is 45.0 Å². The van der Waals surface area contributed by atoms with E-state index in [9.17, 15) is 4.79 Å². The Hall–Kier alpha value is -0.262. The zero-order chi connectivity index (χ0) is 14.4. The molecule has 4 nitrogen and oxygen atoms in total. The summed E-state index contributed by atoms with van der Waals surface area (Å²) in [4.78, 5) is 10.6. The Morgan fingerprint density at radius 1 is 1.28 bits per heavy atom. The van der Waals surface area contributed by atoms with E-state index in [0.717, 1.165) is 33.4 Å². The van der Waals surface area contributed by atoms with Gasteiger partial charge in [0.1, 0.15) is 21.0 Å². The molecule has 8 heteroatoms. The Morgan fingerprint density at radius 2 is 1.89 bits per heavy atom. The van der Waals surface area contributed by atoms with E-state index in [1.165, 1.54) is 6.08 Å². The number of rotatable bonds is 8. The van der Waals surface area contributed by atoms with Gasteiger partial charge in [-0.2, -0.15) is 0 Å². The predicted molar refractivity (Wildman–Crippen MR) is 88.9 cm³/mol. The van der Waals surface area contributed by atoms with Crippen LogP contribution in [0.1, 0.15) is 6.42 Å². The van der Waals surface area contributed by atoms with Gasteiger partial charge in [0, 0.05) is 6.08 Å². The first-order valence-electron chi connectivity index (χ1n) is 5.99. The highest BCUT2D eigenvalue weighted by molar-refractivity contribution is 6.59. The Bertz CT molecular complexity index is 238. The molecule has 0 bridgehead atoms. The molecule has 0 aromatic heterocycles. The number of hydrogen-bond donors (Lipinski definition) is 0. The molecule has 0 aliphatic carbocycles. The first-order chi connectivity index (χ1) is 8.51. The van der Waals surface area contributed by atoms with Crippen LogP contribution in [-0.4, -0.2) is 51.6 Å². The standard InChI is InChI=1S/C7H16O3Si2.C3H10OSi2/c1-3-7(8)9-5-4-6-12(2)10-11;1-3-6(2)4-5/h3,12H,1,4-6H2,2,11H3;3,6H,1H2,2,5H3. The second-order valence-electron chi connectivity index (χ2n) is 3.74. The first-order valence-corrected chi connectivity index (χ1v) is 12.4. The summed E-state index contributed by atoms with van der Waals surface area (Å²) < 4.78 is 15.2. The van der Waals surface area contributed by atoms with Crippen molar-refractivity contribution in [1.29, 1.82) is 0 Å². The van der Waals surface area contributed by atoms with Crippen molar-refractivity contribution in [2.24, 2.45) is 0 Å². The van der Waals surface area contributed by atoms with E-state index in [4.69, 9.17) is 13.0 Å². The molecule has 0 amide bonds. The minimum absolute atomic E-state index is 0.337. The fourth-order valence-electron chi connectivity index (χ4n) is 0.817. The summed E-state index contributed by atoms with van der Waals surface area (Å²) >= 11 is 0. The van der Waals surface area contributed by atoms with E-state index < -0.39 is 18.1 Å². The molecule has 0 spiro atoms. The molecule has 0 aliphatic heterocycles. The number of carbonyl (C=O) groups excluding carboxylic acids is 1. The van der Waals surface area contributed by atoms with Gasteiger partial charge in [-0.1, -0.05) is 12.3 Å². The Kier molecular flexibility index (Phi) is 16.5. The molecule has 0 rings (SSSR count). The lowest BCUT2D eigenvalue weighted by molar-refractivity contribution is -0.137. The summed E-state index contributed by atoms with van der Waals surface area (Å²) in [5.74, 6) is -0.337. The van der Waals surface area contributed by atoms with Gasteiger partial charge in [0.25, 0.3) is 0 Å². The summed E-state index contributed by atoms with van der Waals surface area (Å²) in [6.45, 7) is 11.7. The summed E-state index contributed by atoms with van der Waals surface area (Å²) in [6, 6.07) is 1.08. The van der Waals surface area contributed by atoms with Gasteiger partial charge in [-0.3, -0.25) is 0 Å². The normalized spacial score (nSPS) is 13.0. The molecule has 0 aromatic carbocycles. The fraction of sp³-hybridized carbons (Fsp3) is 0.500. The van der Waals surface area contributed by atoms with Crippen LogP contribution in [0.2, 0.25) is 19.1 Å². The van der Waals surface area contributed by atoms with Crippen LogP contribution < -0.4 is 0 Å². The van der Waals surface area contributed by atoms with Gasteiger partial charge < -0.3 is 13.0 Å². The monoisotopic (exact) mass is 322 g/mol. The van der Waals surface area contributed by atoms with Crippen LogP contribution in [0.25, 0.3) is 0 Å². The summed E-state index contributed by atoms with van der Waals surface area (Å²) in [5.41, 5.74) is 1.92. The van der Waals surface area contributed by atoms with Crippen molar-refractivity contribution in [3.05, 3.63) is 24.9 Å². The van der Waals surface area contributed by atoms with E-state index in [0.29, 0.717) is 6.61 Å². The van der Waals surface area contributed by atoms with Gasteiger partial charge in [0.15, 0.2) is 18.1 Å². The van der Waals surface area contributed by atoms with Gasteiger partial charge in [-0.15, -0.1) is 6.58 Å².